The van der Waals surface area contributed by atoms with E-state index in [9.17, 15) is 9.90 Å². The van der Waals surface area contributed by atoms with Gasteiger partial charge in [0.2, 0.25) is 0 Å². The first-order valence-electron chi connectivity index (χ1n) is 10.4. The van der Waals surface area contributed by atoms with Gasteiger partial charge in [-0.05, 0) is 50.3 Å². The smallest absolute Gasteiger partial charge is 0.340 e. The fourth-order valence-electron chi connectivity index (χ4n) is 3.07. The molecule has 2 rings (SSSR count). The van der Waals surface area contributed by atoms with Crippen LogP contribution >= 0.6 is 0 Å². The van der Waals surface area contributed by atoms with Gasteiger partial charge in [0, 0.05) is 12.6 Å². The average molecular weight is 396 g/mol. The predicted octanol–water partition coefficient (Wildman–Crippen LogP) is 5.76. The van der Waals surface area contributed by atoms with E-state index in [4.69, 9.17) is 4.74 Å². The molecule has 0 aliphatic carbocycles. The quantitative estimate of drug-likeness (QED) is 0.389. The number of nitrogens with zero attached hydrogens (tertiary/aromatic N) is 1. The van der Waals surface area contributed by atoms with Crippen LogP contribution in [0.2, 0.25) is 0 Å². The molecule has 29 heavy (non-hydrogen) atoms. The van der Waals surface area contributed by atoms with Crippen LogP contribution in [0.5, 0.6) is 0 Å². The Morgan fingerprint density at radius 1 is 1.14 bits per heavy atom. The molecule has 0 spiro atoms. The van der Waals surface area contributed by atoms with Crippen molar-refractivity contribution in [1.29, 1.82) is 0 Å². The molecule has 1 atom stereocenters. The third-order valence-corrected chi connectivity index (χ3v) is 4.81. The lowest BCUT2D eigenvalue weighted by Crippen LogP contribution is -2.18. The van der Waals surface area contributed by atoms with Crippen molar-refractivity contribution in [3.63, 3.8) is 0 Å². The van der Waals surface area contributed by atoms with Crippen molar-refractivity contribution < 1.29 is 14.6 Å². The van der Waals surface area contributed by atoms with Gasteiger partial charge in [0.15, 0.2) is 0 Å². The van der Waals surface area contributed by atoms with E-state index in [1.165, 1.54) is 0 Å². The Morgan fingerprint density at radius 3 is 2.55 bits per heavy atom. The van der Waals surface area contributed by atoms with Crippen molar-refractivity contribution in [3.8, 4) is 0 Å². The molecule has 0 saturated heterocycles. The second kappa shape index (κ2) is 11.5. The maximum absolute atomic E-state index is 12.5. The topological polar surface area (TPSA) is 58.9 Å². The third-order valence-electron chi connectivity index (χ3n) is 4.81. The van der Waals surface area contributed by atoms with Crippen molar-refractivity contribution >= 4 is 17.9 Å². The molecule has 156 valence electrons. The fraction of sp³-hybridized carbons (Fsp3) is 0.440. The normalized spacial score (nSPS) is 12.8. The van der Waals surface area contributed by atoms with E-state index in [1.807, 2.05) is 68.6 Å². The molecule has 0 heterocycles. The number of aliphatic hydroxyl groups is 1. The average Bonchev–Trinajstić information content (AvgIpc) is 2.68. The van der Waals surface area contributed by atoms with Crippen molar-refractivity contribution in [2.24, 2.45) is 10.9 Å². The highest BCUT2D eigenvalue weighted by atomic mass is 16.5. The molecule has 0 saturated carbocycles. The minimum Gasteiger partial charge on any atom is -0.462 e. The summed E-state index contributed by atoms with van der Waals surface area (Å²) in [4.78, 5) is 17.0. The van der Waals surface area contributed by atoms with E-state index in [0.717, 1.165) is 31.2 Å². The third kappa shape index (κ3) is 9.05. The van der Waals surface area contributed by atoms with E-state index in [1.54, 1.807) is 6.07 Å². The van der Waals surface area contributed by atoms with Crippen LogP contribution in [-0.2, 0) is 11.2 Å². The standard InChI is InChI=1S/C25H33NO3/c1-20(10-9-17-25(2,3)28)15-18-26-23-14-8-7-13-22(23)24(27)29-19-16-21-11-5-4-6-12-21/h4-8,11-14,18,20,28H,9-10,15-17,19H2,1-3H3. The predicted molar refractivity (Wildman–Crippen MR) is 119 cm³/mol. The summed E-state index contributed by atoms with van der Waals surface area (Å²) in [5.74, 6) is 0.137. The van der Waals surface area contributed by atoms with Gasteiger partial charge in [0.25, 0.3) is 0 Å². The van der Waals surface area contributed by atoms with Crippen molar-refractivity contribution in [3.05, 3.63) is 65.7 Å². The number of hydrogen-bond donors (Lipinski definition) is 1. The Morgan fingerprint density at radius 2 is 1.83 bits per heavy atom. The number of hydrogen-bond acceptors (Lipinski definition) is 4. The first kappa shape index (κ1) is 22.8. The van der Waals surface area contributed by atoms with Crippen LogP contribution in [0.1, 0.15) is 62.4 Å². The Bertz CT molecular complexity index is 778. The number of carbonyl (C=O) groups is 1. The number of aliphatic imine (C=N–C) groups is 1. The van der Waals surface area contributed by atoms with Gasteiger partial charge in [-0.3, -0.25) is 4.99 Å². The first-order valence-corrected chi connectivity index (χ1v) is 10.4. The van der Waals surface area contributed by atoms with Crippen LogP contribution in [0.3, 0.4) is 0 Å². The summed E-state index contributed by atoms with van der Waals surface area (Å²) < 4.78 is 5.45. The second-order valence-electron chi connectivity index (χ2n) is 8.25. The van der Waals surface area contributed by atoms with Crippen molar-refractivity contribution in [2.45, 2.75) is 58.5 Å². The van der Waals surface area contributed by atoms with Crippen LogP contribution in [0.25, 0.3) is 0 Å². The van der Waals surface area contributed by atoms with Crippen LogP contribution in [0.15, 0.2) is 59.6 Å². The molecule has 1 unspecified atom stereocenters. The zero-order chi connectivity index (χ0) is 21.1. The molecule has 2 aromatic carbocycles. The summed E-state index contributed by atoms with van der Waals surface area (Å²) in [7, 11) is 0. The maximum atomic E-state index is 12.5. The minimum absolute atomic E-state index is 0.341. The summed E-state index contributed by atoms with van der Waals surface area (Å²) in [5, 5.41) is 9.79. The monoisotopic (exact) mass is 395 g/mol. The minimum atomic E-state index is -0.604. The lowest BCUT2D eigenvalue weighted by atomic mass is 9.95. The number of esters is 1. The molecule has 0 aliphatic rings. The van der Waals surface area contributed by atoms with Gasteiger partial charge < -0.3 is 9.84 Å². The largest absolute Gasteiger partial charge is 0.462 e. The first-order chi connectivity index (χ1) is 13.8. The summed E-state index contributed by atoms with van der Waals surface area (Å²) in [6, 6.07) is 17.3. The van der Waals surface area contributed by atoms with Crippen LogP contribution in [-0.4, -0.2) is 29.5 Å². The number of ether oxygens (including phenoxy) is 1. The number of para-hydroxylation sites is 1. The van der Waals surface area contributed by atoms with E-state index in [-0.39, 0.29) is 5.97 Å². The Balaban J connectivity index is 1.84. The zero-order valence-electron chi connectivity index (χ0n) is 17.8. The van der Waals surface area contributed by atoms with E-state index < -0.39 is 5.60 Å². The lowest BCUT2D eigenvalue weighted by molar-refractivity contribution is 0.0510. The number of rotatable bonds is 11. The SMILES string of the molecule is CC(CC=Nc1ccccc1C(=O)OCCc1ccccc1)CCCC(C)(C)O. The molecule has 4 heteroatoms. The van der Waals surface area contributed by atoms with E-state index >= 15 is 0 Å². The van der Waals surface area contributed by atoms with Crippen molar-refractivity contribution in [2.75, 3.05) is 6.61 Å². The van der Waals surface area contributed by atoms with Gasteiger partial charge in [-0.25, -0.2) is 4.79 Å². The molecule has 4 nitrogen and oxygen atoms in total. The molecule has 0 aromatic heterocycles. The number of benzene rings is 2. The molecular formula is C25H33NO3. The van der Waals surface area contributed by atoms with Gasteiger partial charge in [-0.1, -0.05) is 62.2 Å². The van der Waals surface area contributed by atoms with Gasteiger partial charge in [0.05, 0.1) is 23.5 Å². The molecule has 0 bridgehead atoms. The Labute approximate surface area is 174 Å². The zero-order valence-corrected chi connectivity index (χ0v) is 17.8. The molecule has 2 aromatic rings. The highest BCUT2D eigenvalue weighted by molar-refractivity contribution is 5.95. The highest BCUT2D eigenvalue weighted by Crippen LogP contribution is 2.21. The Hall–Kier alpha value is -2.46. The second-order valence-corrected chi connectivity index (χ2v) is 8.25. The van der Waals surface area contributed by atoms with Gasteiger partial charge >= 0.3 is 5.97 Å². The lowest BCUT2D eigenvalue weighted by Gasteiger charge is -2.17. The molecule has 0 fully saturated rings. The Kier molecular flexibility index (Phi) is 9.07. The maximum Gasteiger partial charge on any atom is 0.340 e. The van der Waals surface area contributed by atoms with Gasteiger partial charge in [0.1, 0.15) is 0 Å². The molecule has 0 amide bonds. The molecule has 0 aliphatic heterocycles. The number of carbonyl (C=O) groups excluding carboxylic acids is 1. The van der Waals surface area contributed by atoms with E-state index in [0.29, 0.717) is 30.2 Å². The summed E-state index contributed by atoms with van der Waals surface area (Å²) >= 11 is 0. The van der Waals surface area contributed by atoms with Crippen LogP contribution in [0, 0.1) is 5.92 Å². The molecule has 0 radical (unpaired) electrons. The summed E-state index contributed by atoms with van der Waals surface area (Å²) in [6.07, 6.45) is 6.24. The van der Waals surface area contributed by atoms with Crippen LogP contribution in [0.4, 0.5) is 5.69 Å². The fourth-order valence-corrected chi connectivity index (χ4v) is 3.07. The van der Waals surface area contributed by atoms with Crippen molar-refractivity contribution in [1.82, 2.24) is 0 Å². The molecule has 1 N–H and O–H groups in total. The summed E-state index contributed by atoms with van der Waals surface area (Å²) in [6.45, 7) is 6.21. The van der Waals surface area contributed by atoms with Gasteiger partial charge in [-0.15, -0.1) is 0 Å². The highest BCUT2D eigenvalue weighted by Gasteiger charge is 2.13. The summed E-state index contributed by atoms with van der Waals surface area (Å²) in [5.41, 5.74) is 1.67. The van der Waals surface area contributed by atoms with E-state index in [2.05, 4.69) is 11.9 Å². The molecular weight excluding hydrogens is 362 g/mol. The van der Waals surface area contributed by atoms with Gasteiger partial charge in [-0.2, -0.15) is 0 Å². The van der Waals surface area contributed by atoms with Crippen LogP contribution < -0.4 is 0 Å².